The van der Waals surface area contributed by atoms with Crippen LogP contribution in [0.4, 0.5) is 13.6 Å². The van der Waals surface area contributed by atoms with Crippen molar-refractivity contribution in [3.63, 3.8) is 0 Å². The lowest BCUT2D eigenvalue weighted by Gasteiger charge is -2.23. The van der Waals surface area contributed by atoms with Crippen molar-refractivity contribution in [3.05, 3.63) is 35.4 Å². The third-order valence-electron chi connectivity index (χ3n) is 2.84. The van der Waals surface area contributed by atoms with Crippen LogP contribution in [-0.4, -0.2) is 29.2 Å². The van der Waals surface area contributed by atoms with Gasteiger partial charge in [-0.25, -0.2) is 13.6 Å². The Morgan fingerprint density at radius 1 is 1.42 bits per heavy atom. The minimum absolute atomic E-state index is 0.0560. The fraction of sp³-hybridized carbons (Fsp3) is 0.462. The van der Waals surface area contributed by atoms with E-state index >= 15 is 0 Å². The summed E-state index contributed by atoms with van der Waals surface area (Å²) in [6.07, 6.45) is 0.535. The summed E-state index contributed by atoms with van der Waals surface area (Å²) < 4.78 is 25.9. The number of nitrogens with two attached hydrogens (primary N) is 1. The summed E-state index contributed by atoms with van der Waals surface area (Å²) in [5.41, 5.74) is 6.21. The molecule has 0 saturated heterocycles. The lowest BCUT2D eigenvalue weighted by atomic mass is 10.1. The van der Waals surface area contributed by atoms with Crippen LogP contribution in [-0.2, 0) is 0 Å². The van der Waals surface area contributed by atoms with Gasteiger partial charge in [0.15, 0.2) is 11.6 Å². The van der Waals surface area contributed by atoms with Gasteiger partial charge in [-0.3, -0.25) is 0 Å². The van der Waals surface area contributed by atoms with E-state index in [4.69, 9.17) is 10.8 Å². The molecule has 3 N–H and O–H groups in total. The summed E-state index contributed by atoms with van der Waals surface area (Å²) in [6, 6.07) is 2.67. The molecule has 106 valence electrons. The van der Waals surface area contributed by atoms with Gasteiger partial charge in [-0.05, 0) is 24.1 Å². The maximum atomic E-state index is 13.1. The molecule has 1 amide bonds. The topological polar surface area (TPSA) is 66.6 Å². The van der Waals surface area contributed by atoms with Gasteiger partial charge in [-0.15, -0.1) is 0 Å². The van der Waals surface area contributed by atoms with Gasteiger partial charge in [0, 0.05) is 19.1 Å². The second-order valence-corrected chi connectivity index (χ2v) is 4.36. The first-order valence-corrected chi connectivity index (χ1v) is 6.14. The van der Waals surface area contributed by atoms with Gasteiger partial charge >= 0.3 is 6.09 Å². The molecular weight excluding hydrogens is 254 g/mol. The molecule has 0 saturated carbocycles. The van der Waals surface area contributed by atoms with E-state index in [0.717, 1.165) is 25.0 Å². The quantitative estimate of drug-likeness (QED) is 0.836. The van der Waals surface area contributed by atoms with Gasteiger partial charge in [0.05, 0.1) is 0 Å². The number of nitrogens with zero attached hydrogens (tertiary/aromatic N) is 1. The molecule has 0 aliphatic heterocycles. The largest absolute Gasteiger partial charge is 0.465 e. The number of benzene rings is 1. The monoisotopic (exact) mass is 272 g/mol. The molecule has 19 heavy (non-hydrogen) atoms. The number of unbranched alkanes of at least 4 members (excludes halogenated alkanes) is 1. The average Bonchev–Trinajstić information content (AvgIpc) is 2.37. The summed E-state index contributed by atoms with van der Waals surface area (Å²) in [5.74, 6) is -1.93. The van der Waals surface area contributed by atoms with Crippen LogP contribution in [0, 0.1) is 11.6 Å². The van der Waals surface area contributed by atoms with Crippen LogP contribution >= 0.6 is 0 Å². The van der Waals surface area contributed by atoms with Gasteiger partial charge in [-0.1, -0.05) is 19.4 Å². The molecule has 0 aliphatic carbocycles. The fourth-order valence-corrected chi connectivity index (χ4v) is 1.70. The zero-order valence-electron chi connectivity index (χ0n) is 10.8. The Balaban J connectivity index is 2.72. The van der Waals surface area contributed by atoms with Crippen molar-refractivity contribution in [1.82, 2.24) is 4.90 Å². The molecule has 1 rings (SSSR count). The summed E-state index contributed by atoms with van der Waals surface area (Å²) in [5, 5.41) is 9.03. The molecule has 0 radical (unpaired) electrons. The number of rotatable bonds is 6. The molecule has 0 bridgehead atoms. The number of halogens is 2. The molecule has 6 heteroatoms. The van der Waals surface area contributed by atoms with E-state index in [0.29, 0.717) is 12.1 Å². The first kappa shape index (κ1) is 15.4. The third-order valence-corrected chi connectivity index (χ3v) is 2.84. The molecule has 1 unspecified atom stereocenters. The highest BCUT2D eigenvalue weighted by molar-refractivity contribution is 5.65. The molecule has 0 spiro atoms. The van der Waals surface area contributed by atoms with Crippen LogP contribution in [0.15, 0.2) is 18.2 Å². The van der Waals surface area contributed by atoms with E-state index in [1.54, 1.807) is 0 Å². The molecule has 0 fully saturated rings. The SMILES string of the molecule is CCCCN(CC(N)c1ccc(F)c(F)c1)C(=O)O. The van der Waals surface area contributed by atoms with E-state index < -0.39 is 23.8 Å². The van der Waals surface area contributed by atoms with Crippen LogP contribution in [0.25, 0.3) is 0 Å². The third kappa shape index (κ3) is 4.48. The second-order valence-electron chi connectivity index (χ2n) is 4.36. The number of amides is 1. The van der Waals surface area contributed by atoms with Gasteiger partial charge in [-0.2, -0.15) is 0 Å². The van der Waals surface area contributed by atoms with E-state index in [1.807, 2.05) is 6.92 Å². The molecule has 1 aromatic carbocycles. The minimum atomic E-state index is -1.06. The maximum absolute atomic E-state index is 13.1. The van der Waals surface area contributed by atoms with E-state index in [9.17, 15) is 13.6 Å². The Kier molecular flexibility index (Phi) is 5.69. The fourth-order valence-electron chi connectivity index (χ4n) is 1.70. The van der Waals surface area contributed by atoms with Crippen molar-refractivity contribution >= 4 is 6.09 Å². The normalized spacial score (nSPS) is 12.2. The Labute approximate surface area is 110 Å². The van der Waals surface area contributed by atoms with Crippen molar-refractivity contribution in [3.8, 4) is 0 Å². The molecular formula is C13H18F2N2O2. The first-order valence-electron chi connectivity index (χ1n) is 6.14. The number of carboxylic acid groups (broad SMARTS) is 1. The van der Waals surface area contributed by atoms with Gasteiger partial charge < -0.3 is 15.7 Å². The van der Waals surface area contributed by atoms with E-state index in [-0.39, 0.29) is 6.54 Å². The Hall–Kier alpha value is -1.69. The van der Waals surface area contributed by atoms with Crippen LogP contribution in [0.3, 0.4) is 0 Å². The second kappa shape index (κ2) is 7.04. The molecule has 4 nitrogen and oxygen atoms in total. The van der Waals surface area contributed by atoms with Crippen molar-refractivity contribution < 1.29 is 18.7 Å². The lowest BCUT2D eigenvalue weighted by molar-refractivity contribution is 0.141. The lowest BCUT2D eigenvalue weighted by Crippen LogP contribution is -2.36. The summed E-state index contributed by atoms with van der Waals surface area (Å²) in [7, 11) is 0. The van der Waals surface area contributed by atoms with Gasteiger partial charge in [0.25, 0.3) is 0 Å². The summed E-state index contributed by atoms with van der Waals surface area (Å²) >= 11 is 0. The van der Waals surface area contributed by atoms with Crippen molar-refractivity contribution in [2.45, 2.75) is 25.8 Å². The molecule has 0 aromatic heterocycles. The average molecular weight is 272 g/mol. The van der Waals surface area contributed by atoms with Crippen LogP contribution in [0.5, 0.6) is 0 Å². The number of hydrogen-bond acceptors (Lipinski definition) is 2. The highest BCUT2D eigenvalue weighted by atomic mass is 19.2. The van der Waals surface area contributed by atoms with Crippen LogP contribution < -0.4 is 5.73 Å². The minimum Gasteiger partial charge on any atom is -0.465 e. The highest BCUT2D eigenvalue weighted by Crippen LogP contribution is 2.16. The molecule has 1 aromatic rings. The van der Waals surface area contributed by atoms with Crippen molar-refractivity contribution in [1.29, 1.82) is 0 Å². The summed E-state index contributed by atoms with van der Waals surface area (Å²) in [4.78, 5) is 12.2. The predicted octanol–water partition coefficient (Wildman–Crippen LogP) is 2.74. The highest BCUT2D eigenvalue weighted by Gasteiger charge is 2.17. The smallest absolute Gasteiger partial charge is 0.407 e. The van der Waals surface area contributed by atoms with Crippen LogP contribution in [0.2, 0.25) is 0 Å². The predicted molar refractivity (Wildman–Crippen MR) is 67.8 cm³/mol. The Morgan fingerprint density at radius 3 is 2.63 bits per heavy atom. The Morgan fingerprint density at radius 2 is 2.11 bits per heavy atom. The standard InChI is InChI=1S/C13H18F2N2O2/c1-2-3-6-17(13(18)19)8-12(16)9-4-5-10(14)11(15)7-9/h4-5,7,12H,2-3,6,8,16H2,1H3,(H,18,19). The number of hydrogen-bond donors (Lipinski definition) is 2. The first-order chi connectivity index (χ1) is 8.95. The molecule has 0 aliphatic rings. The van der Waals surface area contributed by atoms with Crippen LogP contribution in [0.1, 0.15) is 31.4 Å². The zero-order valence-corrected chi connectivity index (χ0v) is 10.8. The molecule has 1 atom stereocenters. The Bertz CT molecular complexity index is 441. The van der Waals surface area contributed by atoms with E-state index in [1.165, 1.54) is 11.0 Å². The van der Waals surface area contributed by atoms with Gasteiger partial charge in [0.1, 0.15) is 0 Å². The maximum Gasteiger partial charge on any atom is 0.407 e. The van der Waals surface area contributed by atoms with Gasteiger partial charge in [0.2, 0.25) is 0 Å². The van der Waals surface area contributed by atoms with E-state index in [2.05, 4.69) is 0 Å². The number of carbonyl (C=O) groups is 1. The zero-order chi connectivity index (χ0) is 14.4. The molecule has 0 heterocycles. The van der Waals surface area contributed by atoms with Crippen molar-refractivity contribution in [2.75, 3.05) is 13.1 Å². The van der Waals surface area contributed by atoms with Crippen molar-refractivity contribution in [2.24, 2.45) is 5.73 Å². The summed E-state index contributed by atoms with van der Waals surface area (Å²) in [6.45, 7) is 2.39.